The second kappa shape index (κ2) is 9.78. The van der Waals surface area contributed by atoms with Gasteiger partial charge in [0.2, 0.25) is 0 Å². The molecule has 0 aromatic carbocycles. The van der Waals surface area contributed by atoms with Crippen molar-refractivity contribution in [2.24, 2.45) is 0 Å². The van der Waals surface area contributed by atoms with Gasteiger partial charge in [0.25, 0.3) is 5.91 Å². The Morgan fingerprint density at radius 2 is 1.90 bits per heavy atom. The van der Waals surface area contributed by atoms with E-state index < -0.39 is 0 Å². The summed E-state index contributed by atoms with van der Waals surface area (Å²) in [6, 6.07) is 5.19. The monoisotopic (exact) mass is 398 g/mol. The van der Waals surface area contributed by atoms with Crippen LogP contribution in [0.15, 0.2) is 30.7 Å². The van der Waals surface area contributed by atoms with E-state index >= 15 is 0 Å². The molecule has 2 aromatic heterocycles. The highest BCUT2D eigenvalue weighted by Gasteiger charge is 2.18. The lowest BCUT2D eigenvalue weighted by molar-refractivity contribution is 0.0958. The highest BCUT2D eigenvalue weighted by Crippen LogP contribution is 2.17. The van der Waals surface area contributed by atoms with Crippen molar-refractivity contribution < 1.29 is 9.59 Å². The van der Waals surface area contributed by atoms with Gasteiger partial charge in [0.05, 0.1) is 17.6 Å². The molecule has 3 N–H and O–H groups in total. The first-order chi connectivity index (χ1) is 14.1. The number of hydrogen-bond acceptors (Lipinski definition) is 7. The predicted molar refractivity (Wildman–Crippen MR) is 110 cm³/mol. The van der Waals surface area contributed by atoms with Crippen LogP contribution in [-0.4, -0.2) is 71.6 Å². The predicted octanol–water partition coefficient (Wildman–Crippen LogP) is 0.695. The van der Waals surface area contributed by atoms with E-state index in [1.807, 2.05) is 13.0 Å². The Labute approximate surface area is 169 Å². The summed E-state index contributed by atoms with van der Waals surface area (Å²) < 4.78 is 0. The van der Waals surface area contributed by atoms with Crippen molar-refractivity contribution in [1.29, 1.82) is 0 Å². The summed E-state index contributed by atoms with van der Waals surface area (Å²) in [6.07, 6.45) is 3.21. The Morgan fingerprint density at radius 1 is 1.10 bits per heavy atom. The first-order valence-electron chi connectivity index (χ1n) is 9.60. The third-order valence-corrected chi connectivity index (χ3v) is 4.63. The van der Waals surface area contributed by atoms with Crippen LogP contribution in [0.25, 0.3) is 0 Å². The molecule has 1 aliphatic rings. The van der Waals surface area contributed by atoms with Crippen molar-refractivity contribution in [3.05, 3.63) is 42.1 Å². The average molecular weight is 398 g/mol. The molecule has 0 atom stereocenters. The van der Waals surface area contributed by atoms with Crippen molar-refractivity contribution in [1.82, 2.24) is 30.5 Å². The molecule has 1 saturated heterocycles. The molecule has 2 aromatic rings. The fraction of sp³-hybridized carbons (Fsp3) is 0.421. The second-order valence-electron chi connectivity index (χ2n) is 6.62. The van der Waals surface area contributed by atoms with E-state index in [2.05, 4.69) is 40.7 Å². The summed E-state index contributed by atoms with van der Waals surface area (Å²) in [6.45, 7) is 6.57. The minimum Gasteiger partial charge on any atom is -0.368 e. The second-order valence-corrected chi connectivity index (χ2v) is 6.62. The molecule has 154 valence electrons. The zero-order chi connectivity index (χ0) is 20.6. The summed E-state index contributed by atoms with van der Waals surface area (Å²) in [7, 11) is 1.59. The van der Waals surface area contributed by atoms with Crippen LogP contribution in [0.2, 0.25) is 0 Å². The largest absolute Gasteiger partial charge is 0.368 e. The lowest BCUT2D eigenvalue weighted by Gasteiger charge is -2.35. The average Bonchev–Trinajstić information content (AvgIpc) is 2.74. The van der Waals surface area contributed by atoms with Crippen LogP contribution in [0, 0.1) is 0 Å². The summed E-state index contributed by atoms with van der Waals surface area (Å²) in [5.41, 5.74) is 2.28. The molecule has 0 spiro atoms. The fourth-order valence-electron chi connectivity index (χ4n) is 3.10. The molecular formula is C19H26N8O2. The number of nitrogens with zero attached hydrogens (tertiary/aromatic N) is 5. The molecule has 1 fully saturated rings. The van der Waals surface area contributed by atoms with Gasteiger partial charge < -0.3 is 15.5 Å². The normalized spacial score (nSPS) is 14.3. The Hall–Kier alpha value is -3.27. The van der Waals surface area contributed by atoms with Crippen molar-refractivity contribution in [2.75, 3.05) is 50.0 Å². The van der Waals surface area contributed by atoms with Gasteiger partial charge in [-0.3, -0.25) is 15.0 Å². The number of amides is 3. The number of urea groups is 1. The number of carbonyl (C=O) groups excluding carboxylic acids is 2. The van der Waals surface area contributed by atoms with E-state index in [0.29, 0.717) is 24.6 Å². The fourth-order valence-corrected chi connectivity index (χ4v) is 3.10. The zero-order valence-electron chi connectivity index (χ0n) is 16.7. The number of carbonyl (C=O) groups is 2. The van der Waals surface area contributed by atoms with Crippen LogP contribution in [0.5, 0.6) is 0 Å². The van der Waals surface area contributed by atoms with Gasteiger partial charge in [-0.05, 0) is 19.1 Å². The van der Waals surface area contributed by atoms with Crippen molar-refractivity contribution in [2.45, 2.75) is 13.5 Å². The van der Waals surface area contributed by atoms with Gasteiger partial charge in [-0.15, -0.1) is 0 Å². The van der Waals surface area contributed by atoms with Gasteiger partial charge in [-0.25, -0.2) is 19.7 Å². The molecule has 3 heterocycles. The van der Waals surface area contributed by atoms with Crippen LogP contribution >= 0.6 is 0 Å². The lowest BCUT2D eigenvalue weighted by atomic mass is 10.2. The Kier molecular flexibility index (Phi) is 6.90. The molecule has 0 aliphatic carbocycles. The lowest BCUT2D eigenvalue weighted by Crippen LogP contribution is -2.46. The van der Waals surface area contributed by atoms with Gasteiger partial charge in [-0.1, -0.05) is 0 Å². The summed E-state index contributed by atoms with van der Waals surface area (Å²) >= 11 is 0. The van der Waals surface area contributed by atoms with Gasteiger partial charge in [0, 0.05) is 52.4 Å². The molecule has 3 amide bonds. The molecule has 0 radical (unpaired) electrons. The number of pyridine rings is 1. The van der Waals surface area contributed by atoms with E-state index in [1.54, 1.807) is 25.4 Å². The molecule has 3 rings (SSSR count). The van der Waals surface area contributed by atoms with E-state index in [1.165, 1.54) is 6.33 Å². The van der Waals surface area contributed by atoms with Crippen molar-refractivity contribution in [3.8, 4) is 0 Å². The number of nitrogens with one attached hydrogen (secondary N) is 3. The Bertz CT molecular complexity index is 834. The molecule has 10 nitrogen and oxygen atoms in total. The third-order valence-electron chi connectivity index (χ3n) is 4.63. The highest BCUT2D eigenvalue weighted by atomic mass is 16.2. The van der Waals surface area contributed by atoms with E-state index in [0.717, 1.165) is 37.6 Å². The Morgan fingerprint density at radius 3 is 2.55 bits per heavy atom. The maximum Gasteiger partial charge on any atom is 0.320 e. The smallest absolute Gasteiger partial charge is 0.320 e. The first-order valence-corrected chi connectivity index (χ1v) is 9.60. The number of hydrogen-bond donors (Lipinski definition) is 3. The number of rotatable bonds is 6. The van der Waals surface area contributed by atoms with Gasteiger partial charge in [-0.2, -0.15) is 0 Å². The van der Waals surface area contributed by atoms with Crippen LogP contribution in [0.4, 0.5) is 16.3 Å². The topological polar surface area (TPSA) is 115 Å². The minimum atomic E-state index is -0.276. The standard InChI is InChI=1S/C19H26N8O2/c1-3-21-19(29)25-17-10-14(23-13-24-17)12-26-6-8-27(9-7-26)15-4-5-16(22-11-15)18(28)20-2/h4-5,10-11,13H,3,6-9,12H2,1-2H3,(H,20,28)(H2,21,23,24,25,29). The molecule has 0 saturated carbocycles. The van der Waals surface area contributed by atoms with E-state index in [4.69, 9.17) is 0 Å². The summed E-state index contributed by atoms with van der Waals surface area (Å²) in [5.74, 6) is 0.300. The quantitative estimate of drug-likeness (QED) is 0.656. The number of piperazine rings is 1. The van der Waals surface area contributed by atoms with Crippen LogP contribution in [-0.2, 0) is 6.54 Å². The molecule has 1 aliphatic heterocycles. The number of anilines is 2. The molecular weight excluding hydrogens is 372 g/mol. The van der Waals surface area contributed by atoms with Crippen LogP contribution < -0.4 is 20.9 Å². The van der Waals surface area contributed by atoms with Crippen LogP contribution in [0.1, 0.15) is 23.1 Å². The maximum atomic E-state index is 11.6. The molecule has 0 bridgehead atoms. The first kappa shape index (κ1) is 20.5. The van der Waals surface area contributed by atoms with E-state index in [9.17, 15) is 9.59 Å². The summed E-state index contributed by atoms with van der Waals surface area (Å²) in [4.78, 5) is 40.4. The zero-order valence-corrected chi connectivity index (χ0v) is 16.7. The van der Waals surface area contributed by atoms with E-state index in [-0.39, 0.29) is 11.9 Å². The third kappa shape index (κ3) is 5.61. The maximum absolute atomic E-state index is 11.6. The molecule has 0 unspecified atom stereocenters. The van der Waals surface area contributed by atoms with Crippen LogP contribution in [0.3, 0.4) is 0 Å². The molecule has 29 heavy (non-hydrogen) atoms. The summed E-state index contributed by atoms with van der Waals surface area (Å²) in [5, 5.41) is 7.95. The SMILES string of the molecule is CCNC(=O)Nc1cc(CN2CCN(c3ccc(C(=O)NC)nc3)CC2)ncn1. The molecule has 10 heteroatoms. The highest BCUT2D eigenvalue weighted by molar-refractivity contribution is 5.92. The van der Waals surface area contributed by atoms with Gasteiger partial charge in [0.1, 0.15) is 17.8 Å². The van der Waals surface area contributed by atoms with Gasteiger partial charge >= 0.3 is 6.03 Å². The minimum absolute atomic E-state index is 0.188. The number of aromatic nitrogens is 3. The van der Waals surface area contributed by atoms with Crippen molar-refractivity contribution in [3.63, 3.8) is 0 Å². The Balaban J connectivity index is 1.52. The van der Waals surface area contributed by atoms with Gasteiger partial charge in [0.15, 0.2) is 0 Å². The van der Waals surface area contributed by atoms with Crippen molar-refractivity contribution >= 4 is 23.4 Å².